The van der Waals surface area contributed by atoms with E-state index < -0.39 is 5.97 Å². The Morgan fingerprint density at radius 1 is 1.35 bits per heavy atom. The van der Waals surface area contributed by atoms with E-state index in [-0.39, 0.29) is 11.2 Å². The Kier molecular flexibility index (Phi) is 2.64. The molecule has 0 aliphatic heterocycles. The van der Waals surface area contributed by atoms with Crippen LogP contribution in [0.15, 0.2) is 36.5 Å². The Labute approximate surface area is 114 Å². The molecule has 1 aromatic carbocycles. The van der Waals surface area contributed by atoms with E-state index in [1.807, 2.05) is 31.2 Å². The van der Waals surface area contributed by atoms with Gasteiger partial charge in [0.05, 0.1) is 11.9 Å². The van der Waals surface area contributed by atoms with Crippen molar-refractivity contribution >= 4 is 17.4 Å². The fourth-order valence-electron chi connectivity index (χ4n) is 2.09. The molecular formula is C14H12N4O2. The molecule has 0 bridgehead atoms. The molecule has 100 valence electrons. The molecule has 20 heavy (non-hydrogen) atoms. The first-order chi connectivity index (χ1) is 9.56. The van der Waals surface area contributed by atoms with Gasteiger partial charge in [0.15, 0.2) is 5.65 Å². The van der Waals surface area contributed by atoms with Gasteiger partial charge in [0, 0.05) is 11.6 Å². The topological polar surface area (TPSA) is 93.5 Å². The number of benzene rings is 1. The SMILES string of the molecule is Cc1cccc(-c2cc(N)n3ncc(C(=O)O)c3n2)c1. The second kappa shape index (κ2) is 4.34. The van der Waals surface area contributed by atoms with Crippen LogP contribution in [0.4, 0.5) is 5.82 Å². The van der Waals surface area contributed by atoms with Crippen LogP contribution in [0.25, 0.3) is 16.9 Å². The number of rotatable bonds is 2. The zero-order chi connectivity index (χ0) is 14.3. The number of anilines is 1. The fraction of sp³-hybridized carbons (Fsp3) is 0.0714. The van der Waals surface area contributed by atoms with E-state index >= 15 is 0 Å². The minimum absolute atomic E-state index is 0.0335. The van der Waals surface area contributed by atoms with E-state index in [0.29, 0.717) is 11.5 Å². The van der Waals surface area contributed by atoms with Crippen LogP contribution in [0, 0.1) is 6.92 Å². The maximum Gasteiger partial charge on any atom is 0.341 e. The Hall–Kier alpha value is -2.89. The molecular weight excluding hydrogens is 256 g/mol. The second-order valence-electron chi connectivity index (χ2n) is 4.53. The number of hydrogen-bond acceptors (Lipinski definition) is 4. The van der Waals surface area contributed by atoms with Crippen molar-refractivity contribution in [3.05, 3.63) is 47.7 Å². The summed E-state index contributed by atoms with van der Waals surface area (Å²) in [5, 5.41) is 13.1. The van der Waals surface area contributed by atoms with Gasteiger partial charge in [-0.1, -0.05) is 23.8 Å². The summed E-state index contributed by atoms with van der Waals surface area (Å²) in [6, 6.07) is 9.45. The summed E-state index contributed by atoms with van der Waals surface area (Å²) in [5.74, 6) is -0.729. The molecule has 6 nitrogen and oxygen atoms in total. The summed E-state index contributed by atoms with van der Waals surface area (Å²) >= 11 is 0. The van der Waals surface area contributed by atoms with Gasteiger partial charge in [-0.3, -0.25) is 0 Å². The van der Waals surface area contributed by atoms with Gasteiger partial charge in [-0.15, -0.1) is 0 Å². The highest BCUT2D eigenvalue weighted by atomic mass is 16.4. The number of carboxylic acids is 1. The van der Waals surface area contributed by atoms with Crippen LogP contribution < -0.4 is 5.73 Å². The van der Waals surface area contributed by atoms with Gasteiger partial charge in [-0.2, -0.15) is 9.61 Å². The Morgan fingerprint density at radius 2 is 2.15 bits per heavy atom. The van der Waals surface area contributed by atoms with E-state index in [1.54, 1.807) is 6.07 Å². The van der Waals surface area contributed by atoms with E-state index in [9.17, 15) is 4.79 Å². The Bertz CT molecular complexity index is 823. The van der Waals surface area contributed by atoms with E-state index in [0.717, 1.165) is 11.1 Å². The Balaban J connectivity index is 2.27. The number of carboxylic acid groups (broad SMARTS) is 1. The van der Waals surface area contributed by atoms with Crippen LogP contribution in [-0.4, -0.2) is 25.7 Å². The normalized spacial score (nSPS) is 10.8. The molecule has 0 amide bonds. The lowest BCUT2D eigenvalue weighted by Crippen LogP contribution is -2.03. The first kappa shape index (κ1) is 12.2. The third kappa shape index (κ3) is 1.87. The van der Waals surface area contributed by atoms with Crippen LogP contribution in [0.1, 0.15) is 15.9 Å². The first-order valence-corrected chi connectivity index (χ1v) is 6.01. The lowest BCUT2D eigenvalue weighted by Gasteiger charge is -2.06. The van der Waals surface area contributed by atoms with Crippen molar-refractivity contribution in [3.63, 3.8) is 0 Å². The van der Waals surface area contributed by atoms with E-state index in [1.165, 1.54) is 10.7 Å². The van der Waals surface area contributed by atoms with Crippen LogP contribution in [-0.2, 0) is 0 Å². The van der Waals surface area contributed by atoms with Crippen molar-refractivity contribution in [1.29, 1.82) is 0 Å². The number of nitrogens with zero attached hydrogens (tertiary/aromatic N) is 3. The first-order valence-electron chi connectivity index (χ1n) is 6.01. The standard InChI is InChI=1S/C14H12N4O2/c1-8-3-2-4-9(5-8)11-6-12(15)18-13(17-11)10(7-16-18)14(19)20/h2-7H,15H2,1H3,(H,19,20). The highest BCUT2D eigenvalue weighted by molar-refractivity contribution is 5.94. The minimum Gasteiger partial charge on any atom is -0.477 e. The molecule has 0 spiro atoms. The number of aromatic carboxylic acids is 1. The van der Waals surface area contributed by atoms with Gasteiger partial charge in [0.1, 0.15) is 11.4 Å². The minimum atomic E-state index is -1.08. The summed E-state index contributed by atoms with van der Waals surface area (Å²) in [6.07, 6.45) is 1.25. The zero-order valence-electron chi connectivity index (χ0n) is 10.7. The van der Waals surface area contributed by atoms with Gasteiger partial charge < -0.3 is 10.8 Å². The lowest BCUT2D eigenvalue weighted by molar-refractivity contribution is 0.0699. The maximum atomic E-state index is 11.2. The average molecular weight is 268 g/mol. The third-order valence-electron chi connectivity index (χ3n) is 3.04. The molecule has 2 heterocycles. The lowest BCUT2D eigenvalue weighted by atomic mass is 10.1. The number of fused-ring (bicyclic) bond motifs is 1. The second-order valence-corrected chi connectivity index (χ2v) is 4.53. The van der Waals surface area contributed by atoms with Crippen LogP contribution in [0.3, 0.4) is 0 Å². The summed E-state index contributed by atoms with van der Waals surface area (Å²) in [4.78, 5) is 15.5. The van der Waals surface area contributed by atoms with Gasteiger partial charge in [0.2, 0.25) is 0 Å². The van der Waals surface area contributed by atoms with Gasteiger partial charge in [-0.05, 0) is 13.0 Å². The monoisotopic (exact) mass is 268 g/mol. The smallest absolute Gasteiger partial charge is 0.341 e. The van der Waals surface area contributed by atoms with Crippen molar-refractivity contribution in [2.75, 3.05) is 5.73 Å². The Morgan fingerprint density at radius 3 is 2.85 bits per heavy atom. The number of hydrogen-bond donors (Lipinski definition) is 2. The van der Waals surface area contributed by atoms with Crippen LogP contribution in [0.5, 0.6) is 0 Å². The summed E-state index contributed by atoms with van der Waals surface area (Å²) in [6.45, 7) is 1.98. The van der Waals surface area contributed by atoms with Crippen molar-refractivity contribution in [2.45, 2.75) is 6.92 Å². The fourth-order valence-corrected chi connectivity index (χ4v) is 2.09. The summed E-state index contributed by atoms with van der Waals surface area (Å²) in [5.41, 5.74) is 8.80. The quantitative estimate of drug-likeness (QED) is 0.741. The number of carbonyl (C=O) groups is 1. The molecule has 0 aliphatic rings. The highest BCUT2D eigenvalue weighted by Gasteiger charge is 2.15. The number of nitrogen functional groups attached to an aromatic ring is 1. The molecule has 3 N–H and O–H groups in total. The zero-order valence-corrected chi connectivity index (χ0v) is 10.7. The number of aryl methyl sites for hydroxylation is 1. The molecule has 0 aliphatic carbocycles. The van der Waals surface area contributed by atoms with Gasteiger partial charge in [0.25, 0.3) is 0 Å². The number of aromatic nitrogens is 3. The molecule has 2 aromatic heterocycles. The molecule has 3 aromatic rings. The molecule has 0 fully saturated rings. The number of nitrogens with two attached hydrogens (primary N) is 1. The van der Waals surface area contributed by atoms with Gasteiger partial charge in [-0.25, -0.2) is 9.78 Å². The van der Waals surface area contributed by atoms with Crippen molar-refractivity contribution in [3.8, 4) is 11.3 Å². The molecule has 0 atom stereocenters. The van der Waals surface area contributed by atoms with Crippen LogP contribution in [0.2, 0.25) is 0 Å². The van der Waals surface area contributed by atoms with Gasteiger partial charge >= 0.3 is 5.97 Å². The van der Waals surface area contributed by atoms with Crippen molar-refractivity contribution in [1.82, 2.24) is 14.6 Å². The molecule has 3 rings (SSSR count). The third-order valence-corrected chi connectivity index (χ3v) is 3.04. The van der Waals surface area contributed by atoms with Crippen LogP contribution >= 0.6 is 0 Å². The summed E-state index contributed by atoms with van der Waals surface area (Å²) in [7, 11) is 0. The van der Waals surface area contributed by atoms with E-state index in [2.05, 4.69) is 10.1 Å². The highest BCUT2D eigenvalue weighted by Crippen LogP contribution is 2.23. The maximum absolute atomic E-state index is 11.2. The van der Waals surface area contributed by atoms with Crippen molar-refractivity contribution < 1.29 is 9.90 Å². The van der Waals surface area contributed by atoms with E-state index in [4.69, 9.17) is 10.8 Å². The molecule has 0 unspecified atom stereocenters. The molecule has 0 saturated carbocycles. The summed E-state index contributed by atoms with van der Waals surface area (Å²) < 4.78 is 1.32. The average Bonchev–Trinajstić information content (AvgIpc) is 2.83. The largest absolute Gasteiger partial charge is 0.477 e. The predicted octanol–water partition coefficient (Wildman–Crippen LogP) is 1.99. The predicted molar refractivity (Wildman–Crippen MR) is 74.5 cm³/mol. The molecule has 6 heteroatoms. The molecule has 0 saturated heterocycles. The molecule has 0 radical (unpaired) electrons. The van der Waals surface area contributed by atoms with Crippen molar-refractivity contribution in [2.24, 2.45) is 0 Å².